The van der Waals surface area contributed by atoms with Crippen LogP contribution in [-0.4, -0.2) is 41.8 Å². The Hall–Kier alpha value is -2.65. The Kier molecular flexibility index (Phi) is 15.1. The second-order valence-electron chi connectivity index (χ2n) is 27.1. The van der Waals surface area contributed by atoms with Crippen molar-refractivity contribution < 1.29 is 16.4 Å². The van der Waals surface area contributed by atoms with Gasteiger partial charge in [-0.3, -0.25) is 0 Å². The number of halogens is 2. The van der Waals surface area contributed by atoms with Crippen molar-refractivity contribution in [1.29, 1.82) is 0 Å². The van der Waals surface area contributed by atoms with E-state index in [2.05, 4.69) is 235 Å². The van der Waals surface area contributed by atoms with Crippen LogP contribution in [0.5, 0.6) is 0 Å². The van der Waals surface area contributed by atoms with E-state index in [0.717, 1.165) is 25.7 Å². The minimum atomic E-state index is -5.89. The maximum atomic E-state index is 9.83. The van der Waals surface area contributed by atoms with Crippen LogP contribution in [0.3, 0.4) is 0 Å². The quantitative estimate of drug-likeness (QED) is 0.0898. The fourth-order valence-electron chi connectivity index (χ4n) is 13.2. The molecule has 4 atom stereocenters. The molecule has 1 heterocycles. The zero-order chi connectivity index (χ0) is 53.9. The number of fused-ring (bicyclic) bond motifs is 5. The third-order valence-corrected chi connectivity index (χ3v) is 48.8. The van der Waals surface area contributed by atoms with E-state index in [1.54, 1.807) is 20.7 Å². The molecule has 3 aliphatic rings. The first-order chi connectivity index (χ1) is 34.6. The first-order valence-corrected chi connectivity index (χ1v) is 54.2. The molecule has 6 aromatic carbocycles. The fourth-order valence-corrected chi connectivity index (χ4v) is 46.2. The molecule has 0 aromatic heterocycles. The third-order valence-electron chi connectivity index (χ3n) is 18.1. The van der Waals surface area contributed by atoms with Crippen LogP contribution in [-0.2, 0) is 29.2 Å². The maximum absolute atomic E-state index is 9.83. The first kappa shape index (κ1) is 56.1. The van der Waals surface area contributed by atoms with Crippen LogP contribution in [0.15, 0.2) is 114 Å². The molecule has 6 aromatic rings. The van der Waals surface area contributed by atoms with Crippen molar-refractivity contribution in [3.63, 3.8) is 0 Å². The van der Waals surface area contributed by atoms with Gasteiger partial charge in [-0.25, -0.2) is 0 Å². The summed E-state index contributed by atoms with van der Waals surface area (Å²) in [5.41, 5.74) is 19.6. The Bertz CT molecular complexity index is 3050. The summed E-state index contributed by atoms with van der Waals surface area (Å²) in [6.07, 6.45) is 9.31. The molecule has 0 saturated heterocycles. The fraction of sp³-hybridized carbons (Fsp3) is 0.394. The van der Waals surface area contributed by atoms with Crippen LogP contribution in [0.25, 0.3) is 45.5 Å². The number of rotatable bonds is 15. The van der Waals surface area contributed by atoms with E-state index in [9.17, 15) is 17.0 Å². The molecule has 0 amide bonds. The summed E-state index contributed by atoms with van der Waals surface area (Å²) >= 11 is -5.89. The summed E-state index contributed by atoms with van der Waals surface area (Å²) in [5, 5.41) is 9.23. The van der Waals surface area contributed by atoms with Crippen molar-refractivity contribution in [3.8, 4) is 33.4 Å². The summed E-state index contributed by atoms with van der Waals surface area (Å²) in [6.45, 7) is 44.7. The van der Waals surface area contributed by atoms with Gasteiger partial charge >= 0.3 is 468 Å². The van der Waals surface area contributed by atoms with E-state index in [-0.39, 0.29) is 19.1 Å². The van der Waals surface area contributed by atoms with Crippen molar-refractivity contribution in [2.45, 2.75) is 153 Å². The van der Waals surface area contributed by atoms with Crippen molar-refractivity contribution >= 4 is 105 Å². The van der Waals surface area contributed by atoms with Gasteiger partial charge in [0.1, 0.15) is 0 Å². The van der Waals surface area contributed by atoms with Gasteiger partial charge in [0.25, 0.3) is 0 Å². The van der Waals surface area contributed by atoms with Gasteiger partial charge in [0.15, 0.2) is 0 Å². The summed E-state index contributed by atoms with van der Waals surface area (Å²) in [7, 11) is 12.0. The molecule has 0 N–H and O–H groups in total. The van der Waals surface area contributed by atoms with Crippen LogP contribution >= 0.6 is 17.0 Å². The molecule has 8 heteroatoms. The van der Waals surface area contributed by atoms with E-state index in [1.807, 2.05) is 0 Å². The standard InChI is InChI=1S/2C27H39Si2.C12H9Si.2ClH.Zr/c2*1-10-19(3)22-14-21-13-12-20(11-2)27(26(21)17-22)23-15-24(28(4,5)6)18-25(16-23)29(7,8)9;1-3-7-11-9(5-1)10-6-2-4-8-12(10)13-11;;;/h2*12-19H,10-11H2,1-9H3;1-7H,13H2;2*1H;/q;;;;;+2/p-2. The Morgan fingerprint density at radius 2 is 0.878 bits per heavy atom. The van der Waals surface area contributed by atoms with Crippen LogP contribution in [0.4, 0.5) is 0 Å². The van der Waals surface area contributed by atoms with Crippen molar-refractivity contribution in [1.82, 2.24) is 0 Å². The van der Waals surface area contributed by atoms with Crippen LogP contribution < -0.4 is 34.4 Å². The Labute approximate surface area is 463 Å². The van der Waals surface area contributed by atoms with E-state index in [4.69, 9.17) is 0 Å². The molecule has 4 unspecified atom stereocenters. The van der Waals surface area contributed by atoms with Gasteiger partial charge in [0, 0.05) is 0 Å². The Morgan fingerprint density at radius 1 is 0.486 bits per heavy atom. The number of hydrogen-bond donors (Lipinski definition) is 0. The molecule has 0 radical (unpaired) electrons. The molecule has 74 heavy (non-hydrogen) atoms. The normalized spacial score (nSPS) is 18.3. The van der Waals surface area contributed by atoms with Gasteiger partial charge < -0.3 is 0 Å². The monoisotopic (exact) mass is 1180 g/mol. The molecular weight excluding hydrogens is 1100 g/mol. The number of allylic oxidation sites excluding steroid dienone is 2. The van der Waals surface area contributed by atoms with E-state index < -0.39 is 58.2 Å². The molecule has 9 rings (SSSR count). The second kappa shape index (κ2) is 19.9. The average molecular weight is 1180 g/mol. The van der Waals surface area contributed by atoms with Gasteiger partial charge in [-0.05, 0) is 0 Å². The van der Waals surface area contributed by atoms with Gasteiger partial charge in [-0.2, -0.15) is 0 Å². The molecule has 0 saturated carbocycles. The van der Waals surface area contributed by atoms with Gasteiger partial charge in [0.2, 0.25) is 0 Å². The second-order valence-corrected chi connectivity index (χ2v) is 69.8. The predicted molar refractivity (Wildman–Crippen MR) is 346 cm³/mol. The molecule has 0 bridgehead atoms. The molecular formula is C66H87Cl2Si5Zr. The van der Waals surface area contributed by atoms with Crippen molar-refractivity contribution in [3.05, 3.63) is 148 Å². The topological polar surface area (TPSA) is 0 Å². The molecule has 0 spiro atoms. The summed E-state index contributed by atoms with van der Waals surface area (Å²) in [4.78, 5) is 0. The zero-order valence-electron chi connectivity index (χ0n) is 48.6. The minimum absolute atomic E-state index is 0.123. The number of aryl methyl sites for hydroxylation is 2. The van der Waals surface area contributed by atoms with Crippen LogP contribution in [0, 0.1) is 11.8 Å². The molecule has 389 valence electrons. The Morgan fingerprint density at radius 3 is 1.26 bits per heavy atom. The summed E-state index contributed by atoms with van der Waals surface area (Å²) < 4.78 is 1.09. The number of hydrogen-bond acceptors (Lipinski definition) is 0. The van der Waals surface area contributed by atoms with Gasteiger partial charge in [-0.15, -0.1) is 0 Å². The molecule has 1 aliphatic heterocycles. The van der Waals surface area contributed by atoms with Gasteiger partial charge in [0.05, 0.1) is 0 Å². The molecule has 0 nitrogen and oxygen atoms in total. The van der Waals surface area contributed by atoms with E-state index >= 15 is 0 Å². The summed E-state index contributed by atoms with van der Waals surface area (Å²) in [6, 6.07) is 42.1. The van der Waals surface area contributed by atoms with E-state index in [1.165, 1.54) is 91.6 Å². The van der Waals surface area contributed by atoms with Crippen molar-refractivity contribution in [2.75, 3.05) is 0 Å². The zero-order valence-corrected chi connectivity index (χ0v) is 58.0. The average Bonchev–Trinajstić information content (AvgIpc) is 4.07. The van der Waals surface area contributed by atoms with E-state index in [0.29, 0.717) is 0 Å². The van der Waals surface area contributed by atoms with Crippen LogP contribution in [0.2, 0.25) is 78.6 Å². The SMILES string of the molecule is CCc1ccc2c(c1-c1cc([Si](C)(C)C)cc([Si](C)(C)C)c1)C=C(C(C)CC)[CH]2[Zr]([Cl])([Cl])([c]1cccc2c1[SiH2]c1ccccc1-2)[CH]1C(C(C)CC)=Cc2c1ccc(CC)c2-c1cc([Si](C)(C)C)cc([Si](C)(C)C)c1. The Balaban J connectivity index is 1.43. The predicted octanol–water partition coefficient (Wildman–Crippen LogP) is 15.4. The third kappa shape index (κ3) is 9.53. The summed E-state index contributed by atoms with van der Waals surface area (Å²) in [5.74, 6) is 0.568. The number of benzene rings is 6. The molecule has 0 fully saturated rings. The van der Waals surface area contributed by atoms with Gasteiger partial charge in [-0.1, -0.05) is 0 Å². The first-order valence-electron chi connectivity index (χ1n) is 28.4. The van der Waals surface area contributed by atoms with Crippen molar-refractivity contribution in [2.24, 2.45) is 11.8 Å². The van der Waals surface area contributed by atoms with Crippen LogP contribution in [0.1, 0.15) is 95.0 Å². The molecule has 2 aliphatic carbocycles.